The normalized spacial score (nSPS) is 11.7. The van der Waals surface area contributed by atoms with Gasteiger partial charge < -0.3 is 14.5 Å². The maximum absolute atomic E-state index is 12.4. The maximum atomic E-state index is 12.4. The van der Waals surface area contributed by atoms with Crippen molar-refractivity contribution >= 4 is 23.5 Å². The molecule has 0 spiro atoms. The van der Waals surface area contributed by atoms with Crippen molar-refractivity contribution in [2.45, 2.75) is 32.7 Å². The van der Waals surface area contributed by atoms with Gasteiger partial charge in [-0.25, -0.2) is 0 Å². The number of aromatic nitrogens is 2. The Labute approximate surface area is 179 Å². The van der Waals surface area contributed by atoms with Gasteiger partial charge in [0.05, 0.1) is 13.0 Å². The van der Waals surface area contributed by atoms with Gasteiger partial charge in [-0.3, -0.25) is 9.59 Å². The molecule has 1 heterocycles. The van der Waals surface area contributed by atoms with Crippen LogP contribution in [0.2, 0.25) is 5.02 Å². The van der Waals surface area contributed by atoms with Gasteiger partial charge in [0.1, 0.15) is 0 Å². The van der Waals surface area contributed by atoms with Gasteiger partial charge in [0, 0.05) is 18.0 Å². The molecular weight excluding hydrogens is 406 g/mol. The maximum Gasteiger partial charge on any atom is 0.309 e. The van der Waals surface area contributed by atoms with Crippen LogP contribution >= 0.6 is 11.6 Å². The molecule has 30 heavy (non-hydrogen) atoms. The number of amides is 1. The summed E-state index contributed by atoms with van der Waals surface area (Å²) in [6.45, 7) is 3.61. The molecule has 8 heteroatoms. The van der Waals surface area contributed by atoms with E-state index in [-0.39, 0.29) is 24.9 Å². The summed E-state index contributed by atoms with van der Waals surface area (Å²) in [5.41, 5.74) is 2.99. The summed E-state index contributed by atoms with van der Waals surface area (Å²) in [5.74, 6) is -0.767. The Balaban J connectivity index is 1.73. The summed E-state index contributed by atoms with van der Waals surface area (Å²) in [6.07, 6.45) is 0.468. The van der Waals surface area contributed by atoms with Crippen LogP contribution in [0.15, 0.2) is 52.9 Å². The van der Waals surface area contributed by atoms with Crippen LogP contribution in [0.1, 0.15) is 35.5 Å². The van der Waals surface area contributed by atoms with E-state index in [4.69, 9.17) is 20.8 Å². The summed E-state index contributed by atoms with van der Waals surface area (Å²) < 4.78 is 10.2. The van der Waals surface area contributed by atoms with E-state index >= 15 is 0 Å². The first-order valence-corrected chi connectivity index (χ1v) is 9.94. The van der Waals surface area contributed by atoms with Gasteiger partial charge in [-0.05, 0) is 42.2 Å². The van der Waals surface area contributed by atoms with Crippen LogP contribution < -0.4 is 5.32 Å². The van der Waals surface area contributed by atoms with Crippen molar-refractivity contribution in [3.05, 3.63) is 70.9 Å². The average molecular weight is 428 g/mol. The van der Waals surface area contributed by atoms with Crippen LogP contribution in [-0.2, 0) is 16.0 Å². The Kier molecular flexibility index (Phi) is 7.19. The van der Waals surface area contributed by atoms with Crippen molar-refractivity contribution in [2.24, 2.45) is 0 Å². The third kappa shape index (κ3) is 5.90. The van der Waals surface area contributed by atoms with Gasteiger partial charge >= 0.3 is 17.8 Å². The van der Waals surface area contributed by atoms with Gasteiger partial charge in [-0.1, -0.05) is 48.0 Å². The van der Waals surface area contributed by atoms with Crippen molar-refractivity contribution in [1.82, 2.24) is 15.5 Å². The predicted octanol–water partition coefficient (Wildman–Crippen LogP) is 3.99. The van der Waals surface area contributed by atoms with Crippen molar-refractivity contribution in [3.8, 4) is 11.1 Å². The number of hydrogen-bond acceptors (Lipinski definition) is 6. The van der Waals surface area contributed by atoms with E-state index in [1.807, 2.05) is 48.5 Å². The smallest absolute Gasteiger partial charge is 0.309 e. The zero-order valence-electron chi connectivity index (χ0n) is 16.7. The highest BCUT2D eigenvalue weighted by molar-refractivity contribution is 6.30. The Morgan fingerprint density at radius 1 is 1.13 bits per heavy atom. The largest absolute Gasteiger partial charge is 0.466 e. The number of nitrogens with one attached hydrogen (secondary N) is 1. The van der Waals surface area contributed by atoms with Gasteiger partial charge in [-0.15, -0.1) is 10.2 Å². The average Bonchev–Trinajstić information content (AvgIpc) is 3.15. The lowest BCUT2D eigenvalue weighted by atomic mass is 9.99. The number of rotatable bonds is 8. The second-order valence-electron chi connectivity index (χ2n) is 6.72. The number of halogens is 1. The highest BCUT2D eigenvalue weighted by Gasteiger charge is 2.22. The fourth-order valence-corrected chi connectivity index (χ4v) is 3.21. The van der Waals surface area contributed by atoms with E-state index in [9.17, 15) is 9.59 Å². The first-order valence-electron chi connectivity index (χ1n) is 9.56. The van der Waals surface area contributed by atoms with E-state index < -0.39 is 11.9 Å². The number of esters is 1. The SMILES string of the molecule is CCOC(=O)C[C@@H](Cc1ccc(-c2cccc(Cl)c2)cc1)NC(=O)c1nnc(C)o1. The van der Waals surface area contributed by atoms with E-state index in [1.165, 1.54) is 0 Å². The van der Waals surface area contributed by atoms with E-state index in [0.29, 0.717) is 17.3 Å². The lowest BCUT2D eigenvalue weighted by Crippen LogP contribution is -2.38. The third-order valence-electron chi connectivity index (χ3n) is 4.37. The molecule has 0 radical (unpaired) electrons. The fraction of sp³-hybridized carbons (Fsp3) is 0.273. The van der Waals surface area contributed by atoms with Crippen LogP contribution in [-0.4, -0.2) is 34.7 Å². The number of carbonyl (C=O) groups excluding carboxylic acids is 2. The molecule has 2 aromatic carbocycles. The molecule has 0 saturated heterocycles. The number of aryl methyl sites for hydroxylation is 1. The third-order valence-corrected chi connectivity index (χ3v) is 4.60. The summed E-state index contributed by atoms with van der Waals surface area (Å²) in [6, 6.07) is 15.0. The summed E-state index contributed by atoms with van der Waals surface area (Å²) in [4.78, 5) is 24.4. The molecule has 156 valence electrons. The van der Waals surface area contributed by atoms with Crippen molar-refractivity contribution < 1.29 is 18.7 Å². The Bertz CT molecular complexity index is 1020. The van der Waals surface area contributed by atoms with Gasteiger partial charge in [0.2, 0.25) is 5.89 Å². The first-order chi connectivity index (χ1) is 14.4. The molecule has 0 bridgehead atoms. The molecule has 3 aromatic rings. The van der Waals surface area contributed by atoms with Crippen LogP contribution in [0.4, 0.5) is 0 Å². The zero-order chi connectivity index (χ0) is 21.5. The van der Waals surface area contributed by atoms with E-state index in [0.717, 1.165) is 16.7 Å². The van der Waals surface area contributed by atoms with E-state index in [2.05, 4.69) is 15.5 Å². The minimum absolute atomic E-state index is 0.0305. The molecule has 0 aliphatic rings. The summed E-state index contributed by atoms with van der Waals surface area (Å²) >= 11 is 6.07. The van der Waals surface area contributed by atoms with Crippen molar-refractivity contribution in [3.63, 3.8) is 0 Å². The highest BCUT2D eigenvalue weighted by Crippen LogP contribution is 2.23. The van der Waals surface area contributed by atoms with Crippen LogP contribution in [0.3, 0.4) is 0 Å². The summed E-state index contributed by atoms with van der Waals surface area (Å²) in [5, 5.41) is 10.8. The molecular formula is C22H22ClN3O4. The molecule has 0 saturated carbocycles. The highest BCUT2D eigenvalue weighted by atomic mass is 35.5. The molecule has 1 atom stereocenters. The van der Waals surface area contributed by atoms with Crippen LogP contribution in [0, 0.1) is 6.92 Å². The lowest BCUT2D eigenvalue weighted by molar-refractivity contribution is -0.143. The minimum Gasteiger partial charge on any atom is -0.466 e. The fourth-order valence-electron chi connectivity index (χ4n) is 3.02. The number of carbonyl (C=O) groups is 2. The monoisotopic (exact) mass is 427 g/mol. The molecule has 0 fully saturated rings. The Hall–Kier alpha value is -3.19. The molecule has 0 aliphatic carbocycles. The second-order valence-corrected chi connectivity index (χ2v) is 7.15. The molecule has 1 amide bonds. The molecule has 3 rings (SSSR count). The number of ether oxygens (including phenoxy) is 1. The number of hydrogen-bond donors (Lipinski definition) is 1. The standard InChI is InChI=1S/C22H22ClN3O4/c1-3-29-20(27)13-19(24-21(28)22-26-25-14(2)30-22)11-15-7-9-16(10-8-15)17-5-4-6-18(23)12-17/h4-10,12,19H,3,11,13H2,1-2H3,(H,24,28)/t19-/m1/s1. The summed E-state index contributed by atoms with van der Waals surface area (Å²) in [7, 11) is 0. The number of nitrogens with zero attached hydrogens (tertiary/aromatic N) is 2. The molecule has 0 aliphatic heterocycles. The van der Waals surface area contributed by atoms with Crippen LogP contribution in [0.25, 0.3) is 11.1 Å². The minimum atomic E-state index is -0.527. The Morgan fingerprint density at radius 3 is 2.53 bits per heavy atom. The van der Waals surface area contributed by atoms with Gasteiger partial charge in [0.25, 0.3) is 0 Å². The van der Waals surface area contributed by atoms with Gasteiger partial charge in [0.15, 0.2) is 0 Å². The Morgan fingerprint density at radius 2 is 1.90 bits per heavy atom. The van der Waals surface area contributed by atoms with Crippen molar-refractivity contribution in [1.29, 1.82) is 0 Å². The molecule has 1 N–H and O–H groups in total. The second kappa shape index (κ2) is 10.0. The molecule has 7 nitrogen and oxygen atoms in total. The van der Waals surface area contributed by atoms with Crippen LogP contribution in [0.5, 0.6) is 0 Å². The van der Waals surface area contributed by atoms with Gasteiger partial charge in [-0.2, -0.15) is 0 Å². The quantitative estimate of drug-likeness (QED) is 0.546. The van der Waals surface area contributed by atoms with Crippen molar-refractivity contribution in [2.75, 3.05) is 6.61 Å². The zero-order valence-corrected chi connectivity index (χ0v) is 17.5. The number of benzene rings is 2. The topological polar surface area (TPSA) is 94.3 Å². The predicted molar refractivity (Wildman–Crippen MR) is 112 cm³/mol. The molecule has 1 aromatic heterocycles. The first kappa shape index (κ1) is 21.5. The van der Waals surface area contributed by atoms with E-state index in [1.54, 1.807) is 13.8 Å². The lowest BCUT2D eigenvalue weighted by Gasteiger charge is -2.17. The molecule has 0 unspecified atom stereocenters.